The van der Waals surface area contributed by atoms with Crippen LogP contribution in [0.25, 0.3) is 11.1 Å². The Bertz CT molecular complexity index is 1660. The number of fused-ring (bicyclic) bond motifs is 1. The molecule has 5 rings (SSSR count). The average Bonchev–Trinajstić information content (AvgIpc) is 3.25. The number of benzene rings is 2. The van der Waals surface area contributed by atoms with Crippen molar-refractivity contribution in [3.63, 3.8) is 0 Å². The molecule has 2 aromatic heterocycles. The zero-order valence-corrected chi connectivity index (χ0v) is 22.3. The van der Waals surface area contributed by atoms with Crippen molar-refractivity contribution < 1.29 is 19.1 Å². The number of amides is 1. The van der Waals surface area contributed by atoms with Gasteiger partial charge in [0.2, 0.25) is 5.96 Å². The number of carboxylic acids is 1. The SMILES string of the molecule is CC1=C(C(=O)Nc2cc(C(=O)O)ccn2)C(c2ccc(Br)cc2C)N=C(Nc2nc3ccc(C)cc3o2)N1. The number of carbonyl (C=O) groups excluding carboxylic acids is 1. The van der Waals surface area contributed by atoms with Crippen molar-refractivity contribution >= 4 is 56.7 Å². The van der Waals surface area contributed by atoms with Crippen LogP contribution in [0.5, 0.6) is 0 Å². The van der Waals surface area contributed by atoms with Crippen LogP contribution < -0.4 is 16.0 Å². The number of allylic oxidation sites excluding steroid dienone is 1. The Hall–Kier alpha value is -4.51. The zero-order valence-electron chi connectivity index (χ0n) is 20.7. The third kappa shape index (κ3) is 5.14. The molecule has 0 fully saturated rings. The van der Waals surface area contributed by atoms with E-state index in [-0.39, 0.29) is 17.4 Å². The highest BCUT2D eigenvalue weighted by Crippen LogP contribution is 2.34. The third-order valence-electron chi connectivity index (χ3n) is 6.03. The maximum atomic E-state index is 13.5. The summed E-state index contributed by atoms with van der Waals surface area (Å²) in [7, 11) is 0. The van der Waals surface area contributed by atoms with Crippen molar-refractivity contribution in [3.05, 3.63) is 92.7 Å². The topological polar surface area (TPSA) is 142 Å². The smallest absolute Gasteiger partial charge is 0.335 e. The predicted octanol–water partition coefficient (Wildman–Crippen LogP) is 5.33. The fraction of sp³-hybridized carbons (Fsp3) is 0.148. The number of nitrogens with one attached hydrogen (secondary N) is 3. The minimum atomic E-state index is -1.12. The van der Waals surface area contributed by atoms with E-state index in [1.54, 1.807) is 6.92 Å². The van der Waals surface area contributed by atoms with Gasteiger partial charge >= 0.3 is 12.0 Å². The molecule has 0 saturated carbocycles. The number of aromatic nitrogens is 2. The number of carboxylic acid groups (broad SMARTS) is 1. The van der Waals surface area contributed by atoms with Crippen LogP contribution in [0.2, 0.25) is 0 Å². The second-order valence-electron chi connectivity index (χ2n) is 8.85. The number of oxazole rings is 1. The van der Waals surface area contributed by atoms with E-state index in [4.69, 9.17) is 9.41 Å². The molecule has 1 amide bonds. The molecule has 0 saturated heterocycles. The minimum absolute atomic E-state index is 0.0149. The van der Waals surface area contributed by atoms with E-state index in [1.165, 1.54) is 18.3 Å². The molecule has 1 unspecified atom stereocenters. The van der Waals surface area contributed by atoms with Gasteiger partial charge in [0.1, 0.15) is 17.4 Å². The summed E-state index contributed by atoms with van der Waals surface area (Å²) in [5, 5.41) is 18.2. The summed E-state index contributed by atoms with van der Waals surface area (Å²) in [6, 6.07) is 13.7. The van der Waals surface area contributed by atoms with Gasteiger partial charge in [-0.25, -0.2) is 14.8 Å². The van der Waals surface area contributed by atoms with Crippen LogP contribution in [-0.4, -0.2) is 32.9 Å². The third-order valence-corrected chi connectivity index (χ3v) is 6.52. The molecule has 1 aliphatic heterocycles. The monoisotopic (exact) mass is 574 g/mol. The summed E-state index contributed by atoms with van der Waals surface area (Å²) >= 11 is 3.49. The second kappa shape index (κ2) is 10.1. The largest absolute Gasteiger partial charge is 0.478 e. The minimum Gasteiger partial charge on any atom is -0.478 e. The van der Waals surface area contributed by atoms with Crippen LogP contribution >= 0.6 is 15.9 Å². The highest BCUT2D eigenvalue weighted by molar-refractivity contribution is 9.10. The summed E-state index contributed by atoms with van der Waals surface area (Å²) in [6.07, 6.45) is 1.33. The zero-order chi connectivity index (χ0) is 27.0. The van der Waals surface area contributed by atoms with Crippen LogP contribution in [0.3, 0.4) is 0 Å². The number of aryl methyl sites for hydroxylation is 2. The lowest BCUT2D eigenvalue weighted by Crippen LogP contribution is -2.37. The van der Waals surface area contributed by atoms with Gasteiger partial charge < -0.3 is 20.2 Å². The lowest BCUT2D eigenvalue weighted by molar-refractivity contribution is -0.113. The number of anilines is 2. The molecule has 0 aliphatic carbocycles. The van der Waals surface area contributed by atoms with Gasteiger partial charge in [0.25, 0.3) is 5.91 Å². The molecular formula is C27H23BrN6O4. The van der Waals surface area contributed by atoms with Gasteiger partial charge in [-0.05, 0) is 73.9 Å². The summed E-state index contributed by atoms with van der Waals surface area (Å²) in [5.41, 5.74) is 5.07. The fourth-order valence-corrected chi connectivity index (χ4v) is 4.68. The van der Waals surface area contributed by atoms with Gasteiger partial charge in [-0.3, -0.25) is 10.1 Å². The van der Waals surface area contributed by atoms with E-state index in [2.05, 4.69) is 41.8 Å². The lowest BCUT2D eigenvalue weighted by Gasteiger charge is -2.27. The molecule has 10 nitrogen and oxygen atoms in total. The molecule has 1 atom stereocenters. The Balaban J connectivity index is 1.50. The first kappa shape index (κ1) is 25.2. The number of rotatable bonds is 5. The highest BCUT2D eigenvalue weighted by Gasteiger charge is 2.31. The highest BCUT2D eigenvalue weighted by atomic mass is 79.9. The summed E-state index contributed by atoms with van der Waals surface area (Å²) < 4.78 is 6.75. The molecule has 0 spiro atoms. The number of pyridine rings is 1. The van der Waals surface area contributed by atoms with Gasteiger partial charge in [-0.1, -0.05) is 28.1 Å². The lowest BCUT2D eigenvalue weighted by atomic mass is 9.92. The number of guanidine groups is 1. The first-order valence-corrected chi connectivity index (χ1v) is 12.4. The maximum Gasteiger partial charge on any atom is 0.335 e. The van der Waals surface area contributed by atoms with Crippen molar-refractivity contribution in [2.75, 3.05) is 10.6 Å². The Morgan fingerprint density at radius 2 is 1.89 bits per heavy atom. The van der Waals surface area contributed by atoms with Gasteiger partial charge in [0.05, 0.1) is 11.1 Å². The fourth-order valence-electron chi connectivity index (χ4n) is 4.21. The summed E-state index contributed by atoms with van der Waals surface area (Å²) in [4.78, 5) is 38.2. The molecule has 3 heterocycles. The Kier molecular flexibility index (Phi) is 6.68. The number of aromatic carboxylic acids is 1. The molecule has 0 bridgehead atoms. The van der Waals surface area contributed by atoms with E-state index in [0.717, 1.165) is 21.2 Å². The Morgan fingerprint density at radius 1 is 1.08 bits per heavy atom. The molecular weight excluding hydrogens is 552 g/mol. The standard InChI is InChI=1S/C27H23BrN6O4/c1-13-4-7-19-20(10-13)38-27(31-19)34-26-30-15(3)22(23(33-26)18-6-5-17(28)11-14(18)2)24(35)32-21-12-16(25(36)37)8-9-29-21/h4-12,23H,1-3H3,(H,36,37)(H,29,32,35)(H2,30,31,33,34). The molecule has 2 aromatic carbocycles. The van der Waals surface area contributed by atoms with Gasteiger partial charge in [0.15, 0.2) is 5.58 Å². The predicted molar refractivity (Wildman–Crippen MR) is 147 cm³/mol. The van der Waals surface area contributed by atoms with Crippen molar-refractivity contribution in [3.8, 4) is 0 Å². The van der Waals surface area contributed by atoms with E-state index in [9.17, 15) is 14.7 Å². The molecule has 192 valence electrons. The number of carbonyl (C=O) groups is 2. The number of hydrogen-bond acceptors (Lipinski definition) is 8. The molecule has 4 aromatic rings. The van der Waals surface area contributed by atoms with Gasteiger partial charge in [0, 0.05) is 16.4 Å². The molecule has 11 heteroatoms. The van der Waals surface area contributed by atoms with E-state index < -0.39 is 17.9 Å². The van der Waals surface area contributed by atoms with E-state index >= 15 is 0 Å². The quantitative estimate of drug-likeness (QED) is 0.250. The normalized spacial score (nSPS) is 15.2. The molecule has 38 heavy (non-hydrogen) atoms. The number of halogens is 1. The molecule has 1 aliphatic rings. The van der Waals surface area contributed by atoms with E-state index in [0.29, 0.717) is 28.3 Å². The number of aliphatic imine (C=N–C) groups is 1. The van der Waals surface area contributed by atoms with Gasteiger partial charge in [-0.2, -0.15) is 4.98 Å². The molecule has 4 N–H and O–H groups in total. The number of nitrogens with zero attached hydrogens (tertiary/aromatic N) is 3. The first-order chi connectivity index (χ1) is 18.2. The van der Waals surface area contributed by atoms with Crippen LogP contribution in [0.1, 0.15) is 40.0 Å². The van der Waals surface area contributed by atoms with Crippen LogP contribution in [0.15, 0.2) is 79.9 Å². The van der Waals surface area contributed by atoms with E-state index in [1.807, 2.05) is 50.2 Å². The maximum absolute atomic E-state index is 13.5. The first-order valence-electron chi connectivity index (χ1n) is 11.6. The van der Waals surface area contributed by atoms with Gasteiger partial charge in [-0.15, -0.1) is 0 Å². The van der Waals surface area contributed by atoms with Crippen molar-refractivity contribution in [1.29, 1.82) is 0 Å². The summed E-state index contributed by atoms with van der Waals surface area (Å²) in [5.74, 6) is -1.09. The van der Waals surface area contributed by atoms with Crippen LogP contribution in [-0.2, 0) is 4.79 Å². The number of hydrogen-bond donors (Lipinski definition) is 4. The average molecular weight is 575 g/mol. The Labute approximate surface area is 226 Å². The molecule has 0 radical (unpaired) electrons. The van der Waals surface area contributed by atoms with Crippen LogP contribution in [0.4, 0.5) is 11.8 Å². The summed E-state index contributed by atoms with van der Waals surface area (Å²) in [6.45, 7) is 5.68. The van der Waals surface area contributed by atoms with Crippen molar-refractivity contribution in [1.82, 2.24) is 15.3 Å². The van der Waals surface area contributed by atoms with Crippen molar-refractivity contribution in [2.24, 2.45) is 4.99 Å². The van der Waals surface area contributed by atoms with Crippen molar-refractivity contribution in [2.45, 2.75) is 26.8 Å². The second-order valence-corrected chi connectivity index (χ2v) is 9.76. The van der Waals surface area contributed by atoms with Crippen LogP contribution in [0, 0.1) is 13.8 Å². The Morgan fingerprint density at radius 3 is 2.66 bits per heavy atom.